The van der Waals surface area contributed by atoms with Gasteiger partial charge in [-0.15, -0.1) is 0 Å². The van der Waals surface area contributed by atoms with Crippen molar-refractivity contribution in [3.63, 3.8) is 0 Å². The Labute approximate surface area is 140 Å². The number of aryl methyl sites for hydroxylation is 2. The molecule has 2 rings (SSSR count). The van der Waals surface area contributed by atoms with Crippen molar-refractivity contribution in [3.8, 4) is 5.75 Å². The molecule has 0 fully saturated rings. The second kappa shape index (κ2) is 7.41. The Balaban J connectivity index is 1.95. The Hall–Kier alpha value is -2.45. The van der Waals surface area contributed by atoms with Gasteiger partial charge >= 0.3 is 0 Å². The number of ether oxygens (including phenoxy) is 1. The van der Waals surface area contributed by atoms with Gasteiger partial charge in [0.2, 0.25) is 10.0 Å². The molecule has 0 aromatic heterocycles. The lowest BCUT2D eigenvalue weighted by atomic mass is 10.1. The molecule has 0 aliphatic carbocycles. The molecule has 2 aromatic carbocycles. The van der Waals surface area contributed by atoms with Crippen molar-refractivity contribution in [1.82, 2.24) is 4.72 Å². The van der Waals surface area contributed by atoms with Crippen LogP contribution in [0.4, 0.5) is 5.69 Å². The summed E-state index contributed by atoms with van der Waals surface area (Å²) in [4.78, 5) is 9.94. The van der Waals surface area contributed by atoms with Crippen LogP contribution in [0.2, 0.25) is 0 Å². The lowest BCUT2D eigenvalue weighted by Gasteiger charge is -2.11. The molecule has 128 valence electrons. The minimum absolute atomic E-state index is 0.0539. The van der Waals surface area contributed by atoms with Crippen molar-refractivity contribution in [2.45, 2.75) is 18.7 Å². The third-order valence-corrected chi connectivity index (χ3v) is 4.78. The van der Waals surface area contributed by atoms with Gasteiger partial charge in [0.15, 0.2) is 0 Å². The van der Waals surface area contributed by atoms with Crippen LogP contribution in [-0.2, 0) is 10.0 Å². The molecule has 24 heavy (non-hydrogen) atoms. The van der Waals surface area contributed by atoms with E-state index in [2.05, 4.69) is 4.72 Å². The molecule has 7 nitrogen and oxygen atoms in total. The van der Waals surface area contributed by atoms with E-state index >= 15 is 0 Å². The van der Waals surface area contributed by atoms with Gasteiger partial charge in [-0.05, 0) is 31.5 Å². The van der Waals surface area contributed by atoms with Gasteiger partial charge in [0.05, 0.1) is 9.82 Å². The van der Waals surface area contributed by atoms with Crippen molar-refractivity contribution < 1.29 is 18.1 Å². The van der Waals surface area contributed by atoms with Crippen LogP contribution in [0.1, 0.15) is 11.1 Å². The Morgan fingerprint density at radius 1 is 1.17 bits per heavy atom. The smallest absolute Gasteiger partial charge is 0.270 e. The third-order valence-electron chi connectivity index (χ3n) is 3.32. The van der Waals surface area contributed by atoms with Gasteiger partial charge in [0, 0.05) is 18.7 Å². The van der Waals surface area contributed by atoms with E-state index in [0.717, 1.165) is 17.2 Å². The van der Waals surface area contributed by atoms with E-state index in [1.165, 1.54) is 18.2 Å². The van der Waals surface area contributed by atoms with E-state index < -0.39 is 14.9 Å². The standard InChI is InChI=1S/C16H18N2O5S/c1-12-6-7-16(13(2)10-12)23-9-8-17-24(21,22)15-5-3-4-14(11-15)18(19)20/h3-7,10-11,17H,8-9H2,1-2H3. The number of sulfonamides is 1. The van der Waals surface area contributed by atoms with E-state index in [-0.39, 0.29) is 23.7 Å². The quantitative estimate of drug-likeness (QED) is 0.470. The van der Waals surface area contributed by atoms with E-state index in [9.17, 15) is 18.5 Å². The summed E-state index contributed by atoms with van der Waals surface area (Å²) in [6.07, 6.45) is 0. The highest BCUT2D eigenvalue weighted by atomic mass is 32.2. The van der Waals surface area contributed by atoms with E-state index in [1.807, 2.05) is 32.0 Å². The highest BCUT2D eigenvalue weighted by Crippen LogP contribution is 2.19. The fourth-order valence-corrected chi connectivity index (χ4v) is 3.20. The first-order chi connectivity index (χ1) is 11.3. The molecule has 0 unspecified atom stereocenters. The molecule has 8 heteroatoms. The minimum Gasteiger partial charge on any atom is -0.492 e. The van der Waals surface area contributed by atoms with Crippen molar-refractivity contribution in [3.05, 3.63) is 63.7 Å². The molecule has 0 saturated heterocycles. The van der Waals surface area contributed by atoms with Gasteiger partial charge in [-0.3, -0.25) is 10.1 Å². The van der Waals surface area contributed by atoms with Crippen LogP contribution in [-0.4, -0.2) is 26.5 Å². The zero-order valence-corrected chi connectivity index (χ0v) is 14.2. The van der Waals surface area contributed by atoms with Gasteiger partial charge in [-0.25, -0.2) is 13.1 Å². The van der Waals surface area contributed by atoms with E-state index in [1.54, 1.807) is 0 Å². The largest absolute Gasteiger partial charge is 0.492 e. The number of rotatable bonds is 7. The normalized spacial score (nSPS) is 11.2. The Morgan fingerprint density at radius 3 is 2.58 bits per heavy atom. The van der Waals surface area contributed by atoms with Crippen LogP contribution in [0.5, 0.6) is 5.75 Å². The molecule has 1 N–H and O–H groups in total. The number of hydrogen-bond donors (Lipinski definition) is 1. The SMILES string of the molecule is Cc1ccc(OCCNS(=O)(=O)c2cccc([N+](=O)[O-])c2)c(C)c1. The number of nitrogens with zero attached hydrogens (tertiary/aromatic N) is 1. The highest BCUT2D eigenvalue weighted by molar-refractivity contribution is 7.89. The number of hydrogen-bond acceptors (Lipinski definition) is 5. The van der Waals surface area contributed by atoms with Crippen LogP contribution in [0.15, 0.2) is 47.4 Å². The predicted octanol–water partition coefficient (Wildman–Crippen LogP) is 2.57. The molecule has 0 heterocycles. The zero-order chi connectivity index (χ0) is 17.7. The maximum absolute atomic E-state index is 12.1. The Bertz CT molecular complexity index is 849. The summed E-state index contributed by atoms with van der Waals surface area (Å²) in [6, 6.07) is 10.6. The van der Waals surface area contributed by atoms with Gasteiger partial charge < -0.3 is 4.74 Å². The molecule has 0 saturated carbocycles. The summed E-state index contributed by atoms with van der Waals surface area (Å²) in [5.41, 5.74) is 1.81. The molecule has 0 amide bonds. The highest BCUT2D eigenvalue weighted by Gasteiger charge is 2.17. The molecule has 0 aliphatic heterocycles. The number of non-ortho nitro benzene ring substituents is 1. The van der Waals surface area contributed by atoms with Crippen LogP contribution in [0.3, 0.4) is 0 Å². The van der Waals surface area contributed by atoms with E-state index in [0.29, 0.717) is 5.75 Å². The maximum Gasteiger partial charge on any atom is 0.270 e. The fourth-order valence-electron chi connectivity index (χ4n) is 2.15. The average Bonchev–Trinajstić information content (AvgIpc) is 2.53. The molecule has 0 aliphatic rings. The molecule has 0 radical (unpaired) electrons. The monoisotopic (exact) mass is 350 g/mol. The number of nitro groups is 1. The topological polar surface area (TPSA) is 98.5 Å². The van der Waals surface area contributed by atoms with Crippen molar-refractivity contribution in [2.75, 3.05) is 13.2 Å². The lowest BCUT2D eigenvalue weighted by Crippen LogP contribution is -2.28. The first-order valence-electron chi connectivity index (χ1n) is 7.24. The number of nitro benzene ring substituents is 1. The summed E-state index contributed by atoms with van der Waals surface area (Å²) in [7, 11) is -3.82. The lowest BCUT2D eigenvalue weighted by molar-refractivity contribution is -0.385. The van der Waals surface area contributed by atoms with Gasteiger partial charge in [0.1, 0.15) is 12.4 Å². The summed E-state index contributed by atoms with van der Waals surface area (Å²) in [5.74, 6) is 0.690. The molecular weight excluding hydrogens is 332 g/mol. The van der Waals surface area contributed by atoms with Crippen LogP contribution >= 0.6 is 0 Å². The van der Waals surface area contributed by atoms with Crippen molar-refractivity contribution in [1.29, 1.82) is 0 Å². The maximum atomic E-state index is 12.1. The summed E-state index contributed by atoms with van der Waals surface area (Å²) in [5, 5.41) is 10.7. The number of nitrogens with one attached hydrogen (secondary N) is 1. The van der Waals surface area contributed by atoms with Gasteiger partial charge in [0.25, 0.3) is 5.69 Å². The van der Waals surface area contributed by atoms with Crippen LogP contribution in [0.25, 0.3) is 0 Å². The number of benzene rings is 2. The second-order valence-electron chi connectivity index (χ2n) is 5.27. The molecule has 2 aromatic rings. The molecule has 0 bridgehead atoms. The van der Waals surface area contributed by atoms with Crippen molar-refractivity contribution in [2.24, 2.45) is 0 Å². The Morgan fingerprint density at radius 2 is 1.92 bits per heavy atom. The van der Waals surface area contributed by atoms with Crippen molar-refractivity contribution >= 4 is 15.7 Å². The zero-order valence-electron chi connectivity index (χ0n) is 13.4. The summed E-state index contributed by atoms with van der Waals surface area (Å²) < 4.78 is 32.2. The van der Waals surface area contributed by atoms with E-state index in [4.69, 9.17) is 4.74 Å². The average molecular weight is 350 g/mol. The molecular formula is C16H18N2O5S. The molecule has 0 spiro atoms. The first-order valence-corrected chi connectivity index (χ1v) is 8.72. The Kier molecular flexibility index (Phi) is 5.53. The second-order valence-corrected chi connectivity index (χ2v) is 7.04. The van der Waals surface area contributed by atoms with Gasteiger partial charge in [-0.2, -0.15) is 0 Å². The summed E-state index contributed by atoms with van der Waals surface area (Å²) in [6.45, 7) is 4.09. The van der Waals surface area contributed by atoms with Crippen LogP contribution in [0, 0.1) is 24.0 Å². The predicted molar refractivity (Wildman–Crippen MR) is 89.7 cm³/mol. The van der Waals surface area contributed by atoms with Gasteiger partial charge in [-0.1, -0.05) is 23.8 Å². The third kappa shape index (κ3) is 4.53. The summed E-state index contributed by atoms with van der Waals surface area (Å²) >= 11 is 0. The molecule has 0 atom stereocenters. The minimum atomic E-state index is -3.82. The van der Waals surface area contributed by atoms with Crippen LogP contribution < -0.4 is 9.46 Å². The first kappa shape index (κ1) is 17.9. The fraction of sp³-hybridized carbons (Fsp3) is 0.250.